The molecule has 1 aliphatic heterocycles. The first-order valence-electron chi connectivity index (χ1n) is 7.34. The molecule has 1 saturated heterocycles. The van der Waals surface area contributed by atoms with Crippen molar-refractivity contribution < 1.29 is 4.79 Å². The molecule has 1 aromatic carbocycles. The van der Waals surface area contributed by atoms with E-state index in [4.69, 9.17) is 0 Å². The van der Waals surface area contributed by atoms with Gasteiger partial charge in [-0.15, -0.1) is 0 Å². The smallest absolute Gasteiger partial charge is 0.237 e. The van der Waals surface area contributed by atoms with Crippen molar-refractivity contribution in [2.75, 3.05) is 6.54 Å². The highest BCUT2D eigenvalue weighted by atomic mass is 16.2. The Kier molecular flexibility index (Phi) is 3.56. The van der Waals surface area contributed by atoms with Crippen LogP contribution in [0.15, 0.2) is 30.3 Å². The molecule has 3 unspecified atom stereocenters. The summed E-state index contributed by atoms with van der Waals surface area (Å²) in [5, 5.41) is 6.55. The highest BCUT2D eigenvalue weighted by molar-refractivity contribution is 5.83. The van der Waals surface area contributed by atoms with Crippen LogP contribution in [0, 0.1) is 11.8 Å². The number of benzene rings is 1. The maximum Gasteiger partial charge on any atom is 0.237 e. The second kappa shape index (κ2) is 5.33. The van der Waals surface area contributed by atoms with Crippen molar-refractivity contribution >= 4 is 5.91 Å². The Balaban J connectivity index is 1.62. The fraction of sp³-hybridized carbons (Fsp3) is 0.562. The number of hydrogen-bond acceptors (Lipinski definition) is 2. The van der Waals surface area contributed by atoms with Crippen molar-refractivity contribution in [3.63, 3.8) is 0 Å². The number of carbonyl (C=O) groups is 1. The van der Waals surface area contributed by atoms with E-state index >= 15 is 0 Å². The lowest BCUT2D eigenvalue weighted by Crippen LogP contribution is -2.44. The quantitative estimate of drug-likeness (QED) is 0.873. The van der Waals surface area contributed by atoms with Crippen LogP contribution in [-0.4, -0.2) is 18.5 Å². The van der Waals surface area contributed by atoms with E-state index in [0.29, 0.717) is 5.92 Å². The van der Waals surface area contributed by atoms with Gasteiger partial charge in [0.25, 0.3) is 0 Å². The maximum atomic E-state index is 12.4. The zero-order valence-corrected chi connectivity index (χ0v) is 11.4. The summed E-state index contributed by atoms with van der Waals surface area (Å²) in [7, 11) is 0. The van der Waals surface area contributed by atoms with Crippen molar-refractivity contribution in [2.45, 2.75) is 38.3 Å². The Morgan fingerprint density at radius 3 is 2.89 bits per heavy atom. The number of fused-ring (bicyclic) bond motifs is 1. The summed E-state index contributed by atoms with van der Waals surface area (Å²) in [5.74, 6) is 1.46. The molecule has 1 aliphatic carbocycles. The molecule has 1 amide bonds. The Bertz CT molecular complexity index is 445. The molecule has 2 N–H and O–H groups in total. The van der Waals surface area contributed by atoms with Crippen LogP contribution in [0.1, 0.15) is 37.8 Å². The molecule has 3 rings (SSSR count). The first-order valence-corrected chi connectivity index (χ1v) is 7.34. The van der Waals surface area contributed by atoms with E-state index in [1.807, 2.05) is 25.1 Å². The van der Waals surface area contributed by atoms with Crippen LogP contribution in [0.5, 0.6) is 0 Å². The second-order valence-corrected chi connectivity index (χ2v) is 5.88. The molecule has 1 aromatic rings. The third-order valence-electron chi connectivity index (χ3n) is 4.69. The number of amides is 1. The first kappa shape index (κ1) is 12.7. The Morgan fingerprint density at radius 1 is 1.32 bits per heavy atom. The van der Waals surface area contributed by atoms with Gasteiger partial charge in [-0.25, -0.2) is 0 Å². The van der Waals surface area contributed by atoms with Crippen LogP contribution in [0.2, 0.25) is 0 Å². The van der Waals surface area contributed by atoms with E-state index in [0.717, 1.165) is 18.0 Å². The lowest BCUT2D eigenvalue weighted by atomic mass is 9.93. The van der Waals surface area contributed by atoms with Crippen LogP contribution >= 0.6 is 0 Å². The molecule has 1 saturated carbocycles. The number of hydrogen-bond donors (Lipinski definition) is 2. The third-order valence-corrected chi connectivity index (χ3v) is 4.69. The van der Waals surface area contributed by atoms with E-state index in [9.17, 15) is 4.79 Å². The minimum absolute atomic E-state index is 0.0265. The van der Waals surface area contributed by atoms with E-state index in [2.05, 4.69) is 22.8 Å². The molecule has 1 heterocycles. The highest BCUT2D eigenvalue weighted by Gasteiger charge is 2.42. The van der Waals surface area contributed by atoms with Gasteiger partial charge in [0, 0.05) is 0 Å². The normalized spacial score (nSPS) is 30.9. The standard InChI is InChI=1S/C16H22N2O/c1-11(12-6-3-2-4-7-12)18-16(19)15-14-9-5-8-13(14)10-17-15/h2-4,6-7,11,13-15,17H,5,8-10H2,1H3,(H,18,19)/t11-,13?,14?,15?/m0/s1. The summed E-state index contributed by atoms with van der Waals surface area (Å²) >= 11 is 0. The largest absolute Gasteiger partial charge is 0.348 e. The summed E-state index contributed by atoms with van der Waals surface area (Å²) in [5.41, 5.74) is 1.16. The monoisotopic (exact) mass is 258 g/mol. The van der Waals surface area contributed by atoms with Gasteiger partial charge in [-0.1, -0.05) is 36.8 Å². The molecule has 0 spiro atoms. The van der Waals surface area contributed by atoms with Gasteiger partial charge < -0.3 is 10.6 Å². The van der Waals surface area contributed by atoms with Gasteiger partial charge in [-0.2, -0.15) is 0 Å². The number of carbonyl (C=O) groups excluding carboxylic acids is 1. The van der Waals surface area contributed by atoms with Crippen molar-refractivity contribution in [2.24, 2.45) is 11.8 Å². The molecule has 0 aromatic heterocycles. The molecule has 3 nitrogen and oxygen atoms in total. The zero-order valence-electron chi connectivity index (χ0n) is 11.4. The fourth-order valence-electron chi connectivity index (χ4n) is 3.60. The molecular weight excluding hydrogens is 236 g/mol. The van der Waals surface area contributed by atoms with Gasteiger partial charge in [0.2, 0.25) is 5.91 Å². The Morgan fingerprint density at radius 2 is 2.11 bits per heavy atom. The van der Waals surface area contributed by atoms with Crippen LogP contribution in [-0.2, 0) is 4.79 Å². The average Bonchev–Trinajstić information content (AvgIpc) is 3.01. The van der Waals surface area contributed by atoms with E-state index in [-0.39, 0.29) is 18.0 Å². The molecule has 102 valence electrons. The van der Waals surface area contributed by atoms with E-state index in [1.165, 1.54) is 19.3 Å². The number of rotatable bonds is 3. The van der Waals surface area contributed by atoms with Gasteiger partial charge in [0.05, 0.1) is 12.1 Å². The van der Waals surface area contributed by atoms with Crippen LogP contribution < -0.4 is 10.6 Å². The third kappa shape index (κ3) is 2.52. The predicted octanol–water partition coefficient (Wildman–Crippen LogP) is 2.25. The molecular formula is C16H22N2O. The van der Waals surface area contributed by atoms with Gasteiger partial charge in [0.15, 0.2) is 0 Å². The second-order valence-electron chi connectivity index (χ2n) is 5.88. The van der Waals surface area contributed by atoms with E-state index in [1.54, 1.807) is 0 Å². The lowest BCUT2D eigenvalue weighted by molar-refractivity contribution is -0.124. The van der Waals surface area contributed by atoms with Crippen LogP contribution in [0.4, 0.5) is 0 Å². The molecule has 4 atom stereocenters. The van der Waals surface area contributed by atoms with Gasteiger partial charge in [-0.3, -0.25) is 4.79 Å². The molecule has 19 heavy (non-hydrogen) atoms. The van der Waals surface area contributed by atoms with Gasteiger partial charge >= 0.3 is 0 Å². The summed E-state index contributed by atoms with van der Waals surface area (Å²) < 4.78 is 0. The fourth-order valence-corrected chi connectivity index (χ4v) is 3.60. The van der Waals surface area contributed by atoms with Crippen molar-refractivity contribution in [3.05, 3.63) is 35.9 Å². The lowest BCUT2D eigenvalue weighted by Gasteiger charge is -2.21. The number of nitrogens with one attached hydrogen (secondary N) is 2. The van der Waals surface area contributed by atoms with Crippen LogP contribution in [0.25, 0.3) is 0 Å². The summed E-state index contributed by atoms with van der Waals surface area (Å²) in [6, 6.07) is 10.3. The van der Waals surface area contributed by atoms with Crippen molar-refractivity contribution in [3.8, 4) is 0 Å². The van der Waals surface area contributed by atoms with Gasteiger partial charge in [-0.05, 0) is 43.7 Å². The first-order chi connectivity index (χ1) is 9.25. The Hall–Kier alpha value is -1.35. The molecule has 2 fully saturated rings. The minimum Gasteiger partial charge on any atom is -0.348 e. The zero-order chi connectivity index (χ0) is 13.2. The topological polar surface area (TPSA) is 41.1 Å². The van der Waals surface area contributed by atoms with E-state index < -0.39 is 0 Å². The minimum atomic E-state index is 0.0265. The predicted molar refractivity (Wildman–Crippen MR) is 75.6 cm³/mol. The van der Waals surface area contributed by atoms with Crippen LogP contribution in [0.3, 0.4) is 0 Å². The highest BCUT2D eigenvalue weighted by Crippen LogP contribution is 2.37. The summed E-state index contributed by atoms with van der Waals surface area (Å²) in [4.78, 5) is 12.4. The molecule has 0 radical (unpaired) electrons. The maximum absolute atomic E-state index is 12.4. The molecule has 0 bridgehead atoms. The van der Waals surface area contributed by atoms with Crippen molar-refractivity contribution in [1.82, 2.24) is 10.6 Å². The summed E-state index contributed by atoms with van der Waals surface area (Å²) in [6.45, 7) is 3.07. The Labute approximate surface area is 114 Å². The van der Waals surface area contributed by atoms with Crippen molar-refractivity contribution in [1.29, 1.82) is 0 Å². The SMILES string of the molecule is C[C@H](NC(=O)C1NCC2CCCC21)c1ccccc1. The molecule has 3 heteroatoms. The average molecular weight is 258 g/mol. The molecule has 2 aliphatic rings. The van der Waals surface area contributed by atoms with Gasteiger partial charge in [0.1, 0.15) is 0 Å². The summed E-state index contributed by atoms with van der Waals surface area (Å²) in [6.07, 6.45) is 3.78.